The van der Waals surface area contributed by atoms with Crippen LogP contribution in [-0.2, 0) is 0 Å². The van der Waals surface area contributed by atoms with E-state index in [9.17, 15) is 0 Å². The van der Waals surface area contributed by atoms with Gasteiger partial charge in [-0.2, -0.15) is 0 Å². The summed E-state index contributed by atoms with van der Waals surface area (Å²) in [5.74, 6) is 0.978. The minimum absolute atomic E-state index is 0.978. The third-order valence-electron chi connectivity index (χ3n) is 1.68. The lowest BCUT2D eigenvalue weighted by atomic mass is 10.2. The second-order valence-corrected chi connectivity index (χ2v) is 2.69. The zero-order valence-electron chi connectivity index (χ0n) is 6.14. The molecule has 0 heterocycles. The maximum atomic E-state index is 2.39. The molecule has 0 aromatic carbocycles. The summed E-state index contributed by atoms with van der Waals surface area (Å²) in [7, 11) is 0. The van der Waals surface area contributed by atoms with Gasteiger partial charge < -0.3 is 0 Å². The highest BCUT2D eigenvalue weighted by Gasteiger charge is 2.19. The lowest BCUT2D eigenvalue weighted by Gasteiger charge is -1.87. The lowest BCUT2D eigenvalue weighted by molar-refractivity contribution is 0.761. The molecular weight excluding hydrogens is 108 g/mol. The van der Waals surface area contributed by atoms with Crippen LogP contribution in [-0.4, -0.2) is 0 Å². The zero-order chi connectivity index (χ0) is 6.53. The third kappa shape index (κ3) is 3.34. The van der Waals surface area contributed by atoms with Gasteiger partial charge in [0.1, 0.15) is 0 Å². The van der Waals surface area contributed by atoms with E-state index in [-0.39, 0.29) is 0 Å². The lowest BCUT2D eigenvalue weighted by Crippen LogP contribution is -1.71. The summed E-state index contributed by atoms with van der Waals surface area (Å²) in [6.45, 7) is 2.18. The number of hydrogen-bond donors (Lipinski definition) is 0. The Kier molecular flexibility index (Phi) is 2.82. The standard InChI is InChI=1S/C9H15/c1-2-3-4-5-6-9-7-8-9/h3-4,7,9H,2,5-6,8H2,1H3. The fourth-order valence-electron chi connectivity index (χ4n) is 0.927. The topological polar surface area (TPSA) is 0 Å². The molecule has 0 N–H and O–H groups in total. The van der Waals surface area contributed by atoms with E-state index in [0.717, 1.165) is 5.92 Å². The first-order valence-corrected chi connectivity index (χ1v) is 3.92. The summed E-state index contributed by atoms with van der Waals surface area (Å²) in [6, 6.07) is 0. The summed E-state index contributed by atoms with van der Waals surface area (Å²) in [4.78, 5) is 0. The van der Waals surface area contributed by atoms with E-state index in [2.05, 4.69) is 25.5 Å². The molecule has 1 aliphatic carbocycles. The zero-order valence-corrected chi connectivity index (χ0v) is 6.14. The van der Waals surface area contributed by atoms with Crippen molar-refractivity contribution in [3.8, 4) is 0 Å². The maximum absolute atomic E-state index is 2.39. The van der Waals surface area contributed by atoms with E-state index in [0.29, 0.717) is 0 Å². The molecule has 0 bridgehead atoms. The largest absolute Gasteiger partial charge is 0.0888 e. The first-order valence-electron chi connectivity index (χ1n) is 3.92. The van der Waals surface area contributed by atoms with Gasteiger partial charge in [-0.15, -0.1) is 0 Å². The molecule has 1 radical (unpaired) electrons. The highest BCUT2D eigenvalue weighted by molar-refractivity contribution is 4.96. The minimum atomic E-state index is 0.978. The van der Waals surface area contributed by atoms with Gasteiger partial charge in [0.15, 0.2) is 0 Å². The van der Waals surface area contributed by atoms with E-state index in [1.807, 2.05) is 0 Å². The molecule has 9 heavy (non-hydrogen) atoms. The minimum Gasteiger partial charge on any atom is -0.0888 e. The summed E-state index contributed by atoms with van der Waals surface area (Å²) in [5.41, 5.74) is 0. The van der Waals surface area contributed by atoms with Gasteiger partial charge in [0.05, 0.1) is 0 Å². The molecule has 0 aliphatic heterocycles. The molecule has 0 spiro atoms. The summed E-state index contributed by atoms with van der Waals surface area (Å²) in [5, 5.41) is 0. The molecule has 1 atom stereocenters. The van der Waals surface area contributed by atoms with Crippen LogP contribution in [0.3, 0.4) is 0 Å². The predicted molar refractivity (Wildman–Crippen MR) is 41.1 cm³/mol. The van der Waals surface area contributed by atoms with E-state index < -0.39 is 0 Å². The van der Waals surface area contributed by atoms with E-state index in [1.165, 1.54) is 25.7 Å². The third-order valence-corrected chi connectivity index (χ3v) is 1.68. The monoisotopic (exact) mass is 123 g/mol. The Bertz CT molecular complexity index is 88.2. The van der Waals surface area contributed by atoms with Crippen LogP contribution in [0.4, 0.5) is 0 Å². The van der Waals surface area contributed by atoms with Crippen LogP contribution >= 0.6 is 0 Å². The molecular formula is C9H15. The van der Waals surface area contributed by atoms with Crippen LogP contribution in [0.5, 0.6) is 0 Å². The van der Waals surface area contributed by atoms with Crippen molar-refractivity contribution in [2.75, 3.05) is 0 Å². The first-order chi connectivity index (χ1) is 4.43. The Hall–Kier alpha value is -0.260. The van der Waals surface area contributed by atoms with E-state index in [4.69, 9.17) is 0 Å². The maximum Gasteiger partial charge on any atom is -0.0348 e. The van der Waals surface area contributed by atoms with Crippen LogP contribution in [0.25, 0.3) is 0 Å². The number of rotatable bonds is 4. The molecule has 0 saturated heterocycles. The Morgan fingerprint density at radius 1 is 1.56 bits per heavy atom. The molecule has 1 fully saturated rings. The summed E-state index contributed by atoms with van der Waals surface area (Å²) >= 11 is 0. The van der Waals surface area contributed by atoms with Gasteiger partial charge >= 0.3 is 0 Å². The second-order valence-electron chi connectivity index (χ2n) is 2.69. The SMILES string of the molecule is CCC=CCCC1[CH]C1. The van der Waals surface area contributed by atoms with Crippen LogP contribution in [0.2, 0.25) is 0 Å². The van der Waals surface area contributed by atoms with E-state index in [1.54, 1.807) is 0 Å². The smallest absolute Gasteiger partial charge is 0.0348 e. The average Bonchev–Trinajstić information content (AvgIpc) is 2.63. The van der Waals surface area contributed by atoms with Gasteiger partial charge in [0.25, 0.3) is 0 Å². The van der Waals surface area contributed by atoms with Crippen molar-refractivity contribution < 1.29 is 0 Å². The fraction of sp³-hybridized carbons (Fsp3) is 0.667. The summed E-state index contributed by atoms with van der Waals surface area (Å²) in [6.07, 6.45) is 12.2. The average molecular weight is 123 g/mol. The van der Waals surface area contributed by atoms with Crippen molar-refractivity contribution in [2.24, 2.45) is 5.92 Å². The van der Waals surface area contributed by atoms with Gasteiger partial charge in [-0.1, -0.05) is 19.1 Å². The summed E-state index contributed by atoms with van der Waals surface area (Å²) < 4.78 is 0. The first kappa shape index (κ1) is 6.85. The Morgan fingerprint density at radius 2 is 2.33 bits per heavy atom. The normalized spacial score (nSPS) is 19.2. The number of hydrogen-bond acceptors (Lipinski definition) is 0. The molecule has 0 amide bonds. The molecule has 1 aliphatic rings. The van der Waals surface area contributed by atoms with Gasteiger partial charge in [0, 0.05) is 0 Å². The van der Waals surface area contributed by atoms with Crippen LogP contribution in [0, 0.1) is 12.3 Å². The predicted octanol–water partition coefficient (Wildman–Crippen LogP) is 2.96. The van der Waals surface area contributed by atoms with E-state index >= 15 is 0 Å². The highest BCUT2D eigenvalue weighted by Crippen LogP contribution is 2.31. The Labute approximate surface area is 58.0 Å². The van der Waals surface area contributed by atoms with Crippen molar-refractivity contribution in [2.45, 2.75) is 32.6 Å². The van der Waals surface area contributed by atoms with Crippen molar-refractivity contribution in [3.05, 3.63) is 18.6 Å². The van der Waals surface area contributed by atoms with Gasteiger partial charge in [0.2, 0.25) is 0 Å². The molecule has 0 aromatic heterocycles. The molecule has 1 saturated carbocycles. The van der Waals surface area contributed by atoms with Crippen LogP contribution < -0.4 is 0 Å². The van der Waals surface area contributed by atoms with Gasteiger partial charge in [-0.25, -0.2) is 0 Å². The molecule has 0 nitrogen and oxygen atoms in total. The Balaban J connectivity index is 1.85. The molecule has 1 unspecified atom stereocenters. The van der Waals surface area contributed by atoms with Crippen molar-refractivity contribution in [3.63, 3.8) is 0 Å². The number of allylic oxidation sites excluding steroid dienone is 2. The van der Waals surface area contributed by atoms with Crippen molar-refractivity contribution >= 4 is 0 Å². The quantitative estimate of drug-likeness (QED) is 0.504. The molecule has 0 aromatic rings. The van der Waals surface area contributed by atoms with Crippen molar-refractivity contribution in [1.82, 2.24) is 0 Å². The molecule has 0 heteroatoms. The molecule has 51 valence electrons. The Morgan fingerprint density at radius 3 is 2.89 bits per heavy atom. The van der Waals surface area contributed by atoms with Gasteiger partial charge in [-0.3, -0.25) is 0 Å². The molecule has 1 rings (SSSR count). The van der Waals surface area contributed by atoms with Gasteiger partial charge in [-0.05, 0) is 38.0 Å². The van der Waals surface area contributed by atoms with Crippen LogP contribution in [0.15, 0.2) is 12.2 Å². The van der Waals surface area contributed by atoms with Crippen LogP contribution in [0.1, 0.15) is 32.6 Å². The fourth-order valence-corrected chi connectivity index (χ4v) is 0.927. The van der Waals surface area contributed by atoms with Crippen molar-refractivity contribution in [1.29, 1.82) is 0 Å². The highest BCUT2D eigenvalue weighted by atomic mass is 14.2. The second kappa shape index (κ2) is 3.71.